The quantitative estimate of drug-likeness (QED) is 0.701. The fourth-order valence-electron chi connectivity index (χ4n) is 1.69. The van der Waals surface area contributed by atoms with Gasteiger partial charge in [-0.1, -0.05) is 26.7 Å². The lowest BCUT2D eigenvalue weighted by Gasteiger charge is -2.11. The molecule has 0 radical (unpaired) electrons. The van der Waals surface area contributed by atoms with Gasteiger partial charge >= 0.3 is 6.18 Å². The number of nitrogens with one attached hydrogen (secondary N) is 2. The van der Waals surface area contributed by atoms with Gasteiger partial charge in [-0.05, 0) is 12.8 Å². The minimum absolute atomic E-state index is 0.203. The number of rotatable bonds is 8. The Morgan fingerprint density at radius 2 is 1.50 bits per heavy atom. The Bertz CT molecular complexity index is 578. The van der Waals surface area contributed by atoms with E-state index in [1.54, 1.807) is 0 Å². The summed E-state index contributed by atoms with van der Waals surface area (Å²) in [5, 5.41) is 11.0. The lowest BCUT2D eigenvalue weighted by atomic mass is 10.2. The highest BCUT2D eigenvalue weighted by Gasteiger charge is 2.39. The van der Waals surface area contributed by atoms with E-state index >= 15 is 0 Å². The minimum Gasteiger partial charge on any atom is -0.351 e. The Morgan fingerprint density at radius 3 is 2.00 bits per heavy atom. The highest BCUT2D eigenvalue weighted by molar-refractivity contribution is 5.95. The molecule has 0 bridgehead atoms. The van der Waals surface area contributed by atoms with Crippen molar-refractivity contribution in [2.24, 2.45) is 0 Å². The zero-order valence-corrected chi connectivity index (χ0v) is 13.5. The molecule has 0 aliphatic carbocycles. The lowest BCUT2D eigenvalue weighted by Crippen LogP contribution is -2.33. The van der Waals surface area contributed by atoms with Crippen LogP contribution in [0.25, 0.3) is 0 Å². The van der Waals surface area contributed by atoms with Gasteiger partial charge in [0.1, 0.15) is 0 Å². The average Bonchev–Trinajstić information content (AvgIpc) is 2.53. The fourth-order valence-corrected chi connectivity index (χ4v) is 1.69. The molecule has 2 amide bonds. The molecule has 0 atom stereocenters. The largest absolute Gasteiger partial charge is 0.437 e. The molecule has 0 aromatic carbocycles. The van der Waals surface area contributed by atoms with Gasteiger partial charge in [-0.2, -0.15) is 13.2 Å². The first-order valence-corrected chi connectivity index (χ1v) is 7.69. The molecule has 0 aliphatic rings. The summed E-state index contributed by atoms with van der Waals surface area (Å²) in [6.07, 6.45) is -1.99. The van der Waals surface area contributed by atoms with Gasteiger partial charge in [0.25, 0.3) is 11.8 Å². The van der Waals surface area contributed by atoms with Crippen LogP contribution in [0.3, 0.4) is 0 Å². The van der Waals surface area contributed by atoms with Crippen molar-refractivity contribution in [2.45, 2.75) is 45.7 Å². The summed E-state index contributed by atoms with van der Waals surface area (Å²) >= 11 is 0. The van der Waals surface area contributed by atoms with Crippen LogP contribution < -0.4 is 10.6 Å². The minimum atomic E-state index is -4.89. The van der Waals surface area contributed by atoms with Crippen molar-refractivity contribution in [1.29, 1.82) is 0 Å². The molecular formula is C14H20F3N5O2. The first-order chi connectivity index (χ1) is 11.3. The van der Waals surface area contributed by atoms with E-state index in [2.05, 4.69) is 25.8 Å². The number of carbonyl (C=O) groups excluding carboxylic acids is 2. The van der Waals surface area contributed by atoms with E-state index in [4.69, 9.17) is 0 Å². The first-order valence-electron chi connectivity index (χ1n) is 7.69. The molecular weight excluding hydrogens is 327 g/mol. The molecule has 24 heavy (non-hydrogen) atoms. The number of alkyl halides is 3. The highest BCUT2D eigenvalue weighted by atomic mass is 19.4. The van der Waals surface area contributed by atoms with Crippen LogP contribution in [0, 0.1) is 0 Å². The molecule has 1 aromatic rings. The van der Waals surface area contributed by atoms with Crippen LogP contribution >= 0.6 is 0 Å². The molecule has 7 nitrogen and oxygen atoms in total. The first kappa shape index (κ1) is 19.8. The Hall–Kier alpha value is -2.26. The zero-order chi connectivity index (χ0) is 18.2. The number of halogens is 3. The van der Waals surface area contributed by atoms with E-state index in [1.807, 2.05) is 13.8 Å². The van der Waals surface area contributed by atoms with Crippen molar-refractivity contribution >= 4 is 11.8 Å². The van der Waals surface area contributed by atoms with Gasteiger partial charge in [0, 0.05) is 13.1 Å². The summed E-state index contributed by atoms with van der Waals surface area (Å²) in [6, 6.07) is 0. The third-order valence-electron chi connectivity index (χ3n) is 3.01. The van der Waals surface area contributed by atoms with Crippen LogP contribution in [-0.4, -0.2) is 40.1 Å². The molecule has 1 heterocycles. The van der Waals surface area contributed by atoms with Crippen LogP contribution in [0.2, 0.25) is 0 Å². The molecule has 0 spiro atoms. The van der Waals surface area contributed by atoms with E-state index in [0.717, 1.165) is 12.8 Å². The summed E-state index contributed by atoms with van der Waals surface area (Å²) in [5.74, 6) is -2.37. The van der Waals surface area contributed by atoms with Gasteiger partial charge < -0.3 is 10.6 Å². The van der Waals surface area contributed by atoms with Crippen molar-refractivity contribution in [3.8, 4) is 0 Å². The van der Waals surface area contributed by atoms with E-state index in [0.29, 0.717) is 19.4 Å². The van der Waals surface area contributed by atoms with Crippen LogP contribution in [-0.2, 0) is 6.18 Å². The number of amides is 2. The molecule has 1 aromatic heterocycles. The van der Waals surface area contributed by atoms with Crippen molar-refractivity contribution in [3.05, 3.63) is 17.2 Å². The fraction of sp³-hybridized carbons (Fsp3) is 0.643. The number of carbonyl (C=O) groups is 2. The molecule has 134 valence electrons. The molecule has 0 aliphatic heterocycles. The maximum absolute atomic E-state index is 13.0. The maximum atomic E-state index is 13.0. The van der Waals surface area contributed by atoms with Crippen molar-refractivity contribution in [1.82, 2.24) is 25.8 Å². The Kier molecular flexibility index (Phi) is 7.53. The normalized spacial score (nSPS) is 11.2. The van der Waals surface area contributed by atoms with Gasteiger partial charge in [0.05, 0.1) is 0 Å². The van der Waals surface area contributed by atoms with E-state index in [-0.39, 0.29) is 6.54 Å². The second kappa shape index (κ2) is 9.14. The molecule has 10 heteroatoms. The molecule has 0 saturated carbocycles. The third kappa shape index (κ3) is 5.74. The predicted octanol–water partition coefficient (Wildman–Crippen LogP) is 1.95. The topological polar surface area (TPSA) is 96.9 Å². The molecule has 2 N–H and O–H groups in total. The van der Waals surface area contributed by atoms with Crippen LogP contribution in [0.15, 0.2) is 0 Å². The smallest absolute Gasteiger partial charge is 0.351 e. The summed E-state index contributed by atoms with van der Waals surface area (Å²) in [7, 11) is 0. The van der Waals surface area contributed by atoms with E-state index < -0.39 is 35.2 Å². The number of nitrogens with zero attached hydrogens (tertiary/aromatic N) is 3. The molecule has 0 saturated heterocycles. The van der Waals surface area contributed by atoms with Crippen LogP contribution in [0.4, 0.5) is 13.2 Å². The maximum Gasteiger partial charge on any atom is 0.437 e. The molecule has 0 fully saturated rings. The average molecular weight is 347 g/mol. The lowest BCUT2D eigenvalue weighted by molar-refractivity contribution is -0.142. The standard InChI is InChI=1S/C14H20F3N5O2/c1-3-5-7-18-12(23)9-10(14(15,16)17)21-22-11(20-9)13(24)19-8-6-4-2/h3-8H2,1-2H3,(H,18,23)(H,19,24). The molecule has 1 rings (SSSR count). The van der Waals surface area contributed by atoms with Crippen LogP contribution in [0.5, 0.6) is 0 Å². The second-order valence-electron chi connectivity index (χ2n) is 5.05. The second-order valence-corrected chi connectivity index (χ2v) is 5.05. The summed E-state index contributed by atoms with van der Waals surface area (Å²) in [4.78, 5) is 27.3. The molecule has 0 unspecified atom stereocenters. The van der Waals surface area contributed by atoms with Gasteiger partial charge in [0.2, 0.25) is 5.82 Å². The van der Waals surface area contributed by atoms with Crippen molar-refractivity contribution in [3.63, 3.8) is 0 Å². The monoisotopic (exact) mass is 347 g/mol. The van der Waals surface area contributed by atoms with Gasteiger partial charge in [-0.3, -0.25) is 9.59 Å². The number of hydrogen-bond donors (Lipinski definition) is 2. The van der Waals surface area contributed by atoms with Gasteiger partial charge in [0.15, 0.2) is 11.4 Å². The zero-order valence-electron chi connectivity index (χ0n) is 13.5. The summed E-state index contributed by atoms with van der Waals surface area (Å²) in [5.41, 5.74) is -2.46. The Labute approximate surface area is 137 Å². The number of unbranched alkanes of at least 4 members (excludes halogenated alkanes) is 2. The van der Waals surface area contributed by atoms with Crippen molar-refractivity contribution < 1.29 is 22.8 Å². The Morgan fingerprint density at radius 1 is 0.958 bits per heavy atom. The van der Waals surface area contributed by atoms with E-state index in [1.165, 1.54) is 0 Å². The highest BCUT2D eigenvalue weighted by Crippen LogP contribution is 2.29. The van der Waals surface area contributed by atoms with Gasteiger partial charge in [-0.15, -0.1) is 10.2 Å². The summed E-state index contributed by atoms with van der Waals surface area (Å²) in [6.45, 7) is 4.33. The van der Waals surface area contributed by atoms with Crippen molar-refractivity contribution in [2.75, 3.05) is 13.1 Å². The SMILES string of the molecule is CCCCNC(=O)c1nnc(C(F)(F)F)c(C(=O)NCCCC)n1. The summed E-state index contributed by atoms with van der Waals surface area (Å²) < 4.78 is 38.9. The third-order valence-corrected chi connectivity index (χ3v) is 3.01. The van der Waals surface area contributed by atoms with E-state index in [9.17, 15) is 22.8 Å². The van der Waals surface area contributed by atoms with Crippen LogP contribution in [0.1, 0.15) is 66.3 Å². The number of hydrogen-bond acceptors (Lipinski definition) is 5. The predicted molar refractivity (Wildman–Crippen MR) is 79.3 cm³/mol. The van der Waals surface area contributed by atoms with Gasteiger partial charge in [-0.25, -0.2) is 4.98 Å². The number of aromatic nitrogens is 3. The Balaban J connectivity index is 3.04.